The molecule has 0 aliphatic rings. The summed E-state index contributed by atoms with van der Waals surface area (Å²) in [6.45, 7) is 6.54. The zero-order valence-electron chi connectivity index (χ0n) is 32.0. The molecule has 0 aromatic carbocycles. The van der Waals surface area contributed by atoms with Gasteiger partial charge in [-0.15, -0.1) is 0 Å². The summed E-state index contributed by atoms with van der Waals surface area (Å²) in [7, 11) is 0. The van der Waals surface area contributed by atoms with Crippen molar-refractivity contribution in [3.8, 4) is 0 Å². The molecule has 0 aliphatic carbocycles. The number of ether oxygens (including phenoxy) is 3. The fourth-order valence-corrected chi connectivity index (χ4v) is 5.85. The lowest BCUT2D eigenvalue weighted by atomic mass is 10.1. The Morgan fingerprint density at radius 2 is 0.688 bits per heavy atom. The van der Waals surface area contributed by atoms with Crippen molar-refractivity contribution in [3.63, 3.8) is 0 Å². The van der Waals surface area contributed by atoms with Crippen LogP contribution in [0.1, 0.15) is 220 Å². The van der Waals surface area contributed by atoms with Crippen molar-refractivity contribution in [2.45, 2.75) is 226 Å². The van der Waals surface area contributed by atoms with Gasteiger partial charge in [-0.05, 0) is 44.9 Å². The molecule has 6 heteroatoms. The Labute approximate surface area is 297 Å². The van der Waals surface area contributed by atoms with Gasteiger partial charge in [-0.25, -0.2) is 0 Å². The number of unbranched alkanes of at least 4 members (excludes halogenated alkanes) is 24. The summed E-state index contributed by atoms with van der Waals surface area (Å²) in [6, 6.07) is 0. The summed E-state index contributed by atoms with van der Waals surface area (Å²) in [5, 5.41) is 0. The van der Waals surface area contributed by atoms with Crippen molar-refractivity contribution in [1.82, 2.24) is 0 Å². The van der Waals surface area contributed by atoms with Crippen molar-refractivity contribution >= 4 is 17.9 Å². The van der Waals surface area contributed by atoms with Crippen molar-refractivity contribution in [3.05, 3.63) is 12.2 Å². The number of rotatable bonds is 37. The Balaban J connectivity index is 4.25. The second-order valence-corrected chi connectivity index (χ2v) is 13.9. The van der Waals surface area contributed by atoms with E-state index in [1.165, 1.54) is 116 Å². The van der Waals surface area contributed by atoms with Gasteiger partial charge in [-0.3, -0.25) is 14.4 Å². The summed E-state index contributed by atoms with van der Waals surface area (Å²) in [5.41, 5.74) is 0. The molecule has 1 atom stereocenters. The minimum Gasteiger partial charge on any atom is -0.462 e. The van der Waals surface area contributed by atoms with Gasteiger partial charge < -0.3 is 14.2 Å². The standard InChI is InChI=1S/C42H78O6/c1-4-7-10-13-16-18-19-20-21-22-23-25-26-29-32-35-41(44)47-38-39(37-46-40(43)34-31-28-15-12-9-6-3)48-42(45)36-33-30-27-24-17-14-11-8-5-2/h20-21,39H,4-19,22-38H2,1-3H3/b21-20-. The molecular formula is C42H78O6. The smallest absolute Gasteiger partial charge is 0.306 e. The number of carbonyl (C=O) groups is 3. The quantitative estimate of drug-likeness (QED) is 0.0282. The van der Waals surface area contributed by atoms with E-state index in [9.17, 15) is 14.4 Å². The molecule has 1 unspecified atom stereocenters. The minimum absolute atomic E-state index is 0.0706. The van der Waals surface area contributed by atoms with Gasteiger partial charge in [0.25, 0.3) is 0 Å². The molecule has 0 spiro atoms. The summed E-state index contributed by atoms with van der Waals surface area (Å²) >= 11 is 0. The predicted octanol–water partition coefficient (Wildman–Crippen LogP) is 12.7. The fourth-order valence-electron chi connectivity index (χ4n) is 5.85. The molecule has 0 saturated heterocycles. The molecule has 0 N–H and O–H groups in total. The zero-order valence-corrected chi connectivity index (χ0v) is 32.0. The van der Waals surface area contributed by atoms with Crippen molar-refractivity contribution in [2.24, 2.45) is 0 Å². The first-order valence-corrected chi connectivity index (χ1v) is 20.7. The second kappa shape index (κ2) is 38.0. The van der Waals surface area contributed by atoms with Crippen molar-refractivity contribution in [2.75, 3.05) is 13.2 Å². The molecule has 0 bridgehead atoms. The third kappa shape index (κ3) is 35.5. The molecule has 48 heavy (non-hydrogen) atoms. The van der Waals surface area contributed by atoms with Gasteiger partial charge in [-0.1, -0.05) is 168 Å². The van der Waals surface area contributed by atoms with Gasteiger partial charge in [0.05, 0.1) is 0 Å². The summed E-state index contributed by atoms with van der Waals surface area (Å²) in [6.07, 6.45) is 37.8. The SMILES string of the molecule is CCCCCCCC/C=C\CCCCCCCC(=O)OCC(COC(=O)CCCCCCCC)OC(=O)CCCCCCCCCCC. The van der Waals surface area contributed by atoms with E-state index >= 15 is 0 Å². The van der Waals surface area contributed by atoms with Crippen molar-refractivity contribution in [1.29, 1.82) is 0 Å². The van der Waals surface area contributed by atoms with Crippen LogP contribution in [0.2, 0.25) is 0 Å². The molecule has 0 aromatic rings. The molecule has 282 valence electrons. The second-order valence-electron chi connectivity index (χ2n) is 13.9. The molecule has 0 radical (unpaired) electrons. The zero-order chi connectivity index (χ0) is 35.2. The number of hydrogen-bond acceptors (Lipinski definition) is 6. The van der Waals surface area contributed by atoms with E-state index in [4.69, 9.17) is 14.2 Å². The molecule has 0 aromatic heterocycles. The van der Waals surface area contributed by atoms with Crippen LogP contribution in [-0.4, -0.2) is 37.2 Å². The van der Waals surface area contributed by atoms with Gasteiger partial charge in [0, 0.05) is 19.3 Å². The Hall–Kier alpha value is -1.85. The van der Waals surface area contributed by atoms with Crippen LogP contribution in [0.4, 0.5) is 0 Å². The third-order valence-corrected chi connectivity index (χ3v) is 9.02. The minimum atomic E-state index is -0.761. The van der Waals surface area contributed by atoms with Gasteiger partial charge in [0.15, 0.2) is 6.10 Å². The number of allylic oxidation sites excluding steroid dienone is 2. The van der Waals surface area contributed by atoms with Crippen LogP contribution in [0, 0.1) is 0 Å². The molecule has 0 fully saturated rings. The maximum Gasteiger partial charge on any atom is 0.306 e. The molecule has 0 amide bonds. The summed E-state index contributed by atoms with van der Waals surface area (Å²) < 4.78 is 16.5. The Morgan fingerprint density at radius 3 is 1.04 bits per heavy atom. The van der Waals surface area contributed by atoms with Gasteiger partial charge in [0.1, 0.15) is 13.2 Å². The normalized spacial score (nSPS) is 12.0. The van der Waals surface area contributed by atoms with Crippen LogP contribution in [0.25, 0.3) is 0 Å². The highest BCUT2D eigenvalue weighted by Gasteiger charge is 2.19. The Kier molecular flexibility index (Phi) is 36.5. The van der Waals surface area contributed by atoms with Crippen LogP contribution >= 0.6 is 0 Å². The van der Waals surface area contributed by atoms with Crippen LogP contribution in [0.15, 0.2) is 12.2 Å². The van der Waals surface area contributed by atoms with E-state index in [-0.39, 0.29) is 31.1 Å². The highest BCUT2D eigenvalue weighted by molar-refractivity contribution is 5.71. The lowest BCUT2D eigenvalue weighted by Gasteiger charge is -2.18. The van der Waals surface area contributed by atoms with Crippen LogP contribution < -0.4 is 0 Å². The monoisotopic (exact) mass is 679 g/mol. The molecule has 0 rings (SSSR count). The topological polar surface area (TPSA) is 78.9 Å². The molecule has 0 saturated carbocycles. The summed E-state index contributed by atoms with van der Waals surface area (Å²) in [5.74, 6) is -0.890. The maximum absolute atomic E-state index is 12.6. The average molecular weight is 679 g/mol. The highest BCUT2D eigenvalue weighted by Crippen LogP contribution is 2.14. The predicted molar refractivity (Wildman–Crippen MR) is 201 cm³/mol. The van der Waals surface area contributed by atoms with E-state index in [1.54, 1.807) is 0 Å². The van der Waals surface area contributed by atoms with Gasteiger partial charge in [0.2, 0.25) is 0 Å². The third-order valence-electron chi connectivity index (χ3n) is 9.02. The lowest BCUT2D eigenvalue weighted by Crippen LogP contribution is -2.30. The first-order chi connectivity index (χ1) is 23.5. The van der Waals surface area contributed by atoms with E-state index in [1.807, 2.05) is 0 Å². The molecular weight excluding hydrogens is 600 g/mol. The highest BCUT2D eigenvalue weighted by atomic mass is 16.6. The Morgan fingerprint density at radius 1 is 0.396 bits per heavy atom. The number of esters is 3. The van der Waals surface area contributed by atoms with Gasteiger partial charge in [-0.2, -0.15) is 0 Å². The summed E-state index contributed by atoms with van der Waals surface area (Å²) in [4.78, 5) is 37.3. The van der Waals surface area contributed by atoms with E-state index in [0.29, 0.717) is 19.3 Å². The van der Waals surface area contributed by atoms with E-state index < -0.39 is 6.10 Å². The van der Waals surface area contributed by atoms with Crippen molar-refractivity contribution < 1.29 is 28.6 Å². The van der Waals surface area contributed by atoms with Gasteiger partial charge >= 0.3 is 17.9 Å². The molecule has 0 aliphatic heterocycles. The number of hydrogen-bond donors (Lipinski definition) is 0. The van der Waals surface area contributed by atoms with E-state index in [2.05, 4.69) is 32.9 Å². The average Bonchev–Trinajstić information content (AvgIpc) is 3.08. The fraction of sp³-hybridized carbons (Fsp3) is 0.881. The first kappa shape index (κ1) is 46.1. The maximum atomic E-state index is 12.6. The molecule has 0 heterocycles. The van der Waals surface area contributed by atoms with E-state index in [0.717, 1.165) is 64.2 Å². The Bertz CT molecular complexity index is 748. The molecule has 6 nitrogen and oxygen atoms in total. The lowest BCUT2D eigenvalue weighted by molar-refractivity contribution is -0.167. The number of carbonyl (C=O) groups excluding carboxylic acids is 3. The van der Waals surface area contributed by atoms with Crippen LogP contribution in [-0.2, 0) is 28.6 Å². The van der Waals surface area contributed by atoms with Crippen LogP contribution in [0.5, 0.6) is 0 Å². The first-order valence-electron chi connectivity index (χ1n) is 20.7. The largest absolute Gasteiger partial charge is 0.462 e. The van der Waals surface area contributed by atoms with Crippen LogP contribution in [0.3, 0.4) is 0 Å².